The number of benzene rings is 5. The number of aromatic hydroxyl groups is 2. The molecule has 5 heterocycles. The number of Topliss-reactive ketones (excluding diaryl/α,β-unsaturated/α-hetero) is 1. The quantitative estimate of drug-likeness (QED) is 0.00939. The van der Waals surface area contributed by atoms with Crippen molar-refractivity contribution in [2.45, 2.75) is 175 Å². The number of anilines is 3. The summed E-state index contributed by atoms with van der Waals surface area (Å²) in [6, 6.07) is 14.3. The summed E-state index contributed by atoms with van der Waals surface area (Å²) in [4.78, 5) is 144. The summed E-state index contributed by atoms with van der Waals surface area (Å²) in [5, 5.41) is 59.0. The molecule has 4 aromatic carbocycles. The highest BCUT2D eigenvalue weighted by Gasteiger charge is 2.50. The number of aliphatic hydroxyl groups excluding tert-OH is 2. The van der Waals surface area contributed by atoms with Crippen molar-refractivity contribution in [3.63, 3.8) is 0 Å². The van der Waals surface area contributed by atoms with Crippen LogP contribution in [-0.2, 0) is 54.4 Å². The molecule has 11 N–H and O–H groups in total. The highest BCUT2D eigenvalue weighted by molar-refractivity contribution is 6.22. The molecule has 10 rings (SSSR count). The number of amides is 8. The number of hydrogen-bond acceptors (Lipinski definition) is 22. The topological polar surface area (TPSA) is 416 Å². The molecular weight excluding hydrogens is 1430 g/mol. The van der Waals surface area contributed by atoms with Gasteiger partial charge in [-0.3, -0.25) is 48.1 Å². The Morgan fingerprint density at radius 3 is 2.18 bits per heavy atom. The number of piperidine rings is 1. The Hall–Kier alpha value is -11.2. The second kappa shape index (κ2) is 35.7. The number of rotatable bonds is 23. The Bertz CT molecular complexity index is 4660. The number of phenols is 2. The Morgan fingerprint density at radius 2 is 1.52 bits per heavy atom. The van der Waals surface area contributed by atoms with Gasteiger partial charge in [0.1, 0.15) is 58.9 Å². The van der Waals surface area contributed by atoms with E-state index in [1.807, 2.05) is 12.1 Å². The number of unbranched alkanes of at least 4 members (excludes halogenated alkanes) is 2. The molecule has 11 atom stereocenters. The zero-order chi connectivity index (χ0) is 80.4. The Labute approximate surface area is 642 Å². The minimum absolute atomic E-state index is 0.0350. The maximum Gasteiger partial charge on any atom is 0.312 e. The summed E-state index contributed by atoms with van der Waals surface area (Å²) >= 11 is 0. The number of carbonyl (C=O) groups excluding carboxylic acids is 9. The number of ketones is 1. The standard InChI is InChI=1S/C82H99N9O20/c1-42(2)66(87-60(94)20-13-12-14-35-91-61(95)29-30-62(91)96)80(104)86-56(19-16-34-84-81(83)105)79(103)85-53-25-21-50(22-26-53)41-107-58-39-54(90-36-31-52(32-37-90)51-23-27-55(93)28-24-51)40-59-67(58)88-68-63-64-72(99)48(8)75-65(63)77(101)82(10,111-75)108-38-33-57(106-11)45(5)74(109-49(9)92)47(7)71(98)46(6)70(97)43(3)17-15-18-44(4)78(102)89-69(73(64)100)76(68)110-59/h15,17-18,21-30,33,38-40,42-43,45-47,52,56-57,66,70-71,74,93,97-99H,12-14,16,19-20,31-32,34-37,41H2,1-11H3,(H,85,103)(H,86,104)(H,87,94)(H,89,102)(H3,83,84,105)/t43-,45+,46+,47+,56-,57-,66-,70-,71+,74+,82-/m0/s1. The number of primary amides is 1. The summed E-state index contributed by atoms with van der Waals surface area (Å²) in [6.45, 7) is 17.1. The van der Waals surface area contributed by atoms with Gasteiger partial charge in [0.15, 0.2) is 17.1 Å². The predicted molar refractivity (Wildman–Crippen MR) is 412 cm³/mol. The normalized spacial score (nSPS) is 22.5. The maximum atomic E-state index is 15.5. The van der Waals surface area contributed by atoms with Gasteiger partial charge in [-0.05, 0) is 106 Å². The molecule has 592 valence electrons. The van der Waals surface area contributed by atoms with Crippen LogP contribution in [0.2, 0.25) is 0 Å². The molecule has 29 nitrogen and oxygen atoms in total. The fourth-order valence-corrected chi connectivity index (χ4v) is 14.7. The number of aromatic nitrogens is 1. The first-order chi connectivity index (χ1) is 52.8. The Balaban J connectivity index is 1.00. The first-order valence-corrected chi connectivity index (χ1v) is 37.5. The minimum Gasteiger partial charge on any atom is -0.508 e. The van der Waals surface area contributed by atoms with E-state index in [1.165, 1.54) is 65.4 Å². The molecule has 1 aliphatic carbocycles. The summed E-state index contributed by atoms with van der Waals surface area (Å²) in [5.41, 5.74) is 6.27. The summed E-state index contributed by atoms with van der Waals surface area (Å²) in [5.74, 6) is -10.7. The van der Waals surface area contributed by atoms with E-state index in [9.17, 15) is 58.8 Å². The number of imide groups is 1. The van der Waals surface area contributed by atoms with E-state index in [0.717, 1.165) is 10.5 Å². The lowest BCUT2D eigenvalue weighted by molar-refractivity contribution is -0.160. The van der Waals surface area contributed by atoms with Crippen molar-refractivity contribution in [3.8, 4) is 34.5 Å². The fraction of sp³-hybridized carbons (Fsp3) is 0.451. The van der Waals surface area contributed by atoms with Gasteiger partial charge in [0, 0.05) is 129 Å². The van der Waals surface area contributed by atoms with Crippen molar-refractivity contribution >= 4 is 92.2 Å². The molecular formula is C82H99N9O20. The number of allylic oxidation sites excluding steroid dienone is 2. The van der Waals surface area contributed by atoms with Crippen molar-refractivity contribution in [3.05, 3.63) is 141 Å². The Morgan fingerprint density at radius 1 is 0.829 bits per heavy atom. The van der Waals surface area contributed by atoms with Gasteiger partial charge in [-0.2, -0.15) is 0 Å². The fourth-order valence-electron chi connectivity index (χ4n) is 14.7. The number of phenolic OH excluding ortho intramolecular Hbond substituents is 2. The number of urea groups is 1. The third kappa shape index (κ3) is 18.8. The number of carbonyl (C=O) groups is 9. The van der Waals surface area contributed by atoms with E-state index in [0.29, 0.717) is 62.1 Å². The molecule has 0 saturated carbocycles. The second-order valence-corrected chi connectivity index (χ2v) is 29.6. The zero-order valence-corrected chi connectivity index (χ0v) is 64.2. The molecule has 0 aromatic heterocycles. The summed E-state index contributed by atoms with van der Waals surface area (Å²) in [6.07, 6.45) is 8.69. The predicted octanol–water partition coefficient (Wildman–Crippen LogP) is 9.12. The van der Waals surface area contributed by atoms with Crippen LogP contribution in [0.15, 0.2) is 118 Å². The number of fused-ring (bicyclic) bond motifs is 2. The monoisotopic (exact) mass is 1530 g/mol. The molecule has 111 heavy (non-hydrogen) atoms. The molecule has 6 aliphatic rings. The molecule has 0 spiro atoms. The lowest BCUT2D eigenvalue weighted by Crippen LogP contribution is -2.54. The summed E-state index contributed by atoms with van der Waals surface area (Å²) < 4.78 is 38.1. The van der Waals surface area contributed by atoms with E-state index in [1.54, 1.807) is 102 Å². The van der Waals surface area contributed by atoms with Crippen molar-refractivity contribution in [2.24, 2.45) is 35.3 Å². The van der Waals surface area contributed by atoms with Crippen LogP contribution >= 0.6 is 0 Å². The average molecular weight is 1530 g/mol. The highest BCUT2D eigenvalue weighted by atomic mass is 16.7. The number of methoxy groups -OCH3 is 1. The van der Waals surface area contributed by atoms with Crippen LogP contribution in [0.3, 0.4) is 0 Å². The first-order valence-electron chi connectivity index (χ1n) is 37.5. The number of ether oxygens (including phenoxy) is 5. The first kappa shape index (κ1) is 82.3. The van der Waals surface area contributed by atoms with E-state index in [4.69, 9.17) is 38.8 Å². The second-order valence-electron chi connectivity index (χ2n) is 29.6. The largest absolute Gasteiger partial charge is 0.508 e. The number of nitrogens with zero attached hydrogens (tertiary/aromatic N) is 3. The number of aliphatic hydroxyl groups is 2. The molecule has 4 aromatic rings. The minimum atomic E-state index is -2.20. The van der Waals surface area contributed by atoms with E-state index in [-0.39, 0.29) is 119 Å². The lowest BCUT2D eigenvalue weighted by Gasteiger charge is -2.38. The van der Waals surface area contributed by atoms with E-state index in [2.05, 4.69) is 31.5 Å². The van der Waals surface area contributed by atoms with Crippen LogP contribution < -0.4 is 52.1 Å². The molecule has 5 aliphatic heterocycles. The lowest BCUT2D eigenvalue weighted by atomic mass is 9.78. The van der Waals surface area contributed by atoms with Gasteiger partial charge in [-0.25, -0.2) is 9.78 Å². The van der Waals surface area contributed by atoms with Crippen LogP contribution in [0.25, 0.3) is 33.3 Å². The van der Waals surface area contributed by atoms with Crippen LogP contribution in [0.5, 0.6) is 23.0 Å². The van der Waals surface area contributed by atoms with Crippen molar-refractivity contribution in [1.29, 1.82) is 0 Å². The maximum absolute atomic E-state index is 15.5. The van der Waals surface area contributed by atoms with Crippen LogP contribution in [-0.4, -0.2) is 159 Å². The van der Waals surface area contributed by atoms with Crippen molar-refractivity contribution in [1.82, 2.24) is 25.8 Å². The van der Waals surface area contributed by atoms with Gasteiger partial charge >= 0.3 is 17.8 Å². The van der Waals surface area contributed by atoms with Gasteiger partial charge in [0.2, 0.25) is 23.2 Å². The molecule has 0 radical (unpaired) electrons. The molecule has 1 saturated heterocycles. The highest BCUT2D eigenvalue weighted by Crippen LogP contribution is 2.51. The smallest absolute Gasteiger partial charge is 0.312 e. The third-order valence-electron chi connectivity index (χ3n) is 21.3. The SMILES string of the molecule is CO[C@H]1C=CO[C@@]2(C)Oc3c(C)c(O)c4c(=O)c(c5oc6cc(N7CCC(c8ccc(O)cc8)CC7)cc(OCc7ccc(NC(=O)[C@H](CCCNC(N)=O)NC(=O)[C@@H](NC(=O)CCCCCN8C(=O)C=CC8=O)C(C)C)cc7)c6nc-5c4c3C2=O)NC(=O)C(C)=CC=C[C@H](C)[C@H](O)[C@@H](C)[C@@H](O)[C@@H](C)[C@H](OC(C)=O)[C@@H]1C. The number of nitrogens with two attached hydrogens (primary N) is 1. The number of esters is 1. The molecule has 4 bridgehead atoms. The molecule has 1 fully saturated rings. The van der Waals surface area contributed by atoms with Gasteiger partial charge in [0.05, 0.1) is 35.5 Å². The number of nitrogens with one attached hydrogen (secondary N) is 5. The molecule has 8 amide bonds. The van der Waals surface area contributed by atoms with Crippen LogP contribution in [0, 0.1) is 36.5 Å². The molecule has 29 heteroatoms. The molecule has 0 unspecified atom stereocenters. The van der Waals surface area contributed by atoms with Crippen LogP contribution in [0.4, 0.5) is 21.9 Å². The van der Waals surface area contributed by atoms with Gasteiger partial charge in [-0.15, -0.1) is 0 Å². The van der Waals surface area contributed by atoms with Crippen molar-refractivity contribution in [2.75, 3.05) is 48.8 Å². The van der Waals surface area contributed by atoms with Crippen LogP contribution in [0.1, 0.15) is 147 Å². The van der Waals surface area contributed by atoms with Crippen molar-refractivity contribution < 1.29 is 91.7 Å². The Kier molecular flexibility index (Phi) is 26.5. The van der Waals surface area contributed by atoms with Gasteiger partial charge < -0.3 is 85.7 Å². The average Bonchev–Trinajstić information content (AvgIpc) is 1.64. The van der Waals surface area contributed by atoms with E-state index >= 15 is 9.59 Å². The number of hydrogen-bond donors (Lipinski definition) is 10. The van der Waals surface area contributed by atoms with Gasteiger partial charge in [0.25, 0.3) is 23.5 Å². The van der Waals surface area contributed by atoms with E-state index < -0.39 is 136 Å². The summed E-state index contributed by atoms with van der Waals surface area (Å²) in [7, 11) is 1.42. The third-order valence-corrected chi connectivity index (χ3v) is 21.3. The zero-order valence-electron chi connectivity index (χ0n) is 64.2. The van der Waals surface area contributed by atoms with Gasteiger partial charge in [-0.1, -0.05) is 90.5 Å².